The number of halogens is 2. The molecule has 3 rings (SSSR count). The second-order valence-corrected chi connectivity index (χ2v) is 6.32. The van der Waals surface area contributed by atoms with Crippen LogP contribution in [0.4, 0.5) is 5.69 Å². The fourth-order valence-corrected chi connectivity index (χ4v) is 2.99. The van der Waals surface area contributed by atoms with Crippen LogP contribution in [0, 0.1) is 6.92 Å². The first-order valence-corrected chi connectivity index (χ1v) is 7.83. The van der Waals surface area contributed by atoms with Gasteiger partial charge in [0.25, 0.3) is 0 Å². The Kier molecular flexibility index (Phi) is 4.00. The molecular weight excluding hydrogens is 354 g/mol. The molecule has 110 valence electrons. The van der Waals surface area contributed by atoms with Crippen molar-refractivity contribution in [2.24, 2.45) is 0 Å². The molecule has 21 heavy (non-hydrogen) atoms. The van der Waals surface area contributed by atoms with Crippen LogP contribution < -0.4 is 14.8 Å². The predicted molar refractivity (Wildman–Crippen MR) is 88.5 cm³/mol. The maximum absolute atomic E-state index is 6.19. The van der Waals surface area contributed by atoms with E-state index < -0.39 is 0 Å². The van der Waals surface area contributed by atoms with E-state index in [0.717, 1.165) is 37.8 Å². The van der Waals surface area contributed by atoms with Crippen LogP contribution in [0.5, 0.6) is 11.5 Å². The van der Waals surface area contributed by atoms with Gasteiger partial charge in [-0.05, 0) is 65.2 Å². The monoisotopic (exact) mass is 367 g/mol. The lowest BCUT2D eigenvalue weighted by molar-refractivity contribution is 0.174. The lowest BCUT2D eigenvalue weighted by Gasteiger charge is -2.18. The molecule has 1 heterocycles. The predicted octanol–water partition coefficient (Wildman–Crippen LogP) is 5.31. The molecule has 0 saturated carbocycles. The van der Waals surface area contributed by atoms with E-state index in [1.165, 1.54) is 0 Å². The van der Waals surface area contributed by atoms with Crippen LogP contribution >= 0.6 is 27.5 Å². The highest BCUT2D eigenvalue weighted by Gasteiger charge is 2.16. The lowest BCUT2D eigenvalue weighted by atomic mass is 10.1. The average molecular weight is 369 g/mol. The van der Waals surface area contributed by atoms with Gasteiger partial charge in [0, 0.05) is 15.5 Å². The normalized spacial score (nSPS) is 14.1. The van der Waals surface area contributed by atoms with E-state index in [1.807, 2.05) is 37.3 Å². The molecule has 1 unspecified atom stereocenters. The Bertz CT molecular complexity index is 690. The first-order valence-electron chi connectivity index (χ1n) is 6.66. The van der Waals surface area contributed by atoms with E-state index in [-0.39, 0.29) is 6.04 Å². The zero-order valence-corrected chi connectivity index (χ0v) is 14.1. The van der Waals surface area contributed by atoms with E-state index in [9.17, 15) is 0 Å². The molecule has 5 heteroatoms. The van der Waals surface area contributed by atoms with Gasteiger partial charge in [-0.25, -0.2) is 0 Å². The Morgan fingerprint density at radius 1 is 1.19 bits per heavy atom. The zero-order chi connectivity index (χ0) is 15.0. The number of benzene rings is 2. The molecule has 0 aromatic heterocycles. The molecule has 0 aliphatic carbocycles. The topological polar surface area (TPSA) is 30.5 Å². The summed E-state index contributed by atoms with van der Waals surface area (Å²) in [5.41, 5.74) is 3.14. The van der Waals surface area contributed by atoms with Crippen LogP contribution in [0.25, 0.3) is 0 Å². The number of ether oxygens (including phenoxy) is 2. The van der Waals surface area contributed by atoms with E-state index in [0.29, 0.717) is 6.79 Å². The van der Waals surface area contributed by atoms with Crippen molar-refractivity contribution >= 4 is 33.2 Å². The molecule has 0 bridgehead atoms. The van der Waals surface area contributed by atoms with Gasteiger partial charge in [0.2, 0.25) is 6.79 Å². The molecule has 0 spiro atoms. The van der Waals surface area contributed by atoms with Gasteiger partial charge in [-0.3, -0.25) is 0 Å². The maximum Gasteiger partial charge on any atom is 0.231 e. The molecule has 0 radical (unpaired) electrons. The van der Waals surface area contributed by atoms with Gasteiger partial charge >= 0.3 is 0 Å². The number of aryl methyl sites for hydroxylation is 1. The molecule has 1 aliphatic heterocycles. The largest absolute Gasteiger partial charge is 0.454 e. The lowest BCUT2D eigenvalue weighted by Crippen LogP contribution is -2.07. The second kappa shape index (κ2) is 5.78. The Hall–Kier alpha value is -1.39. The highest BCUT2D eigenvalue weighted by molar-refractivity contribution is 9.10. The summed E-state index contributed by atoms with van der Waals surface area (Å²) in [5.74, 6) is 1.59. The molecule has 0 amide bonds. The number of hydrogen-bond donors (Lipinski definition) is 1. The fraction of sp³-hybridized carbons (Fsp3) is 0.250. The van der Waals surface area contributed by atoms with Crippen LogP contribution in [0.2, 0.25) is 5.02 Å². The standard InChI is InChI=1S/C16H15BrClNO2/c1-9-5-12(17)14(7-13(9)18)19-10(2)11-3-4-15-16(6-11)21-8-20-15/h3-7,10,19H,8H2,1-2H3. The summed E-state index contributed by atoms with van der Waals surface area (Å²) in [6.45, 7) is 4.37. The quantitative estimate of drug-likeness (QED) is 0.796. The van der Waals surface area contributed by atoms with Gasteiger partial charge < -0.3 is 14.8 Å². The van der Waals surface area contributed by atoms with E-state index in [2.05, 4.69) is 28.2 Å². The third-order valence-corrected chi connectivity index (χ3v) is 4.58. The molecular formula is C16H15BrClNO2. The van der Waals surface area contributed by atoms with Crippen LogP contribution in [0.1, 0.15) is 24.1 Å². The average Bonchev–Trinajstić information content (AvgIpc) is 2.92. The Labute approximate surface area is 137 Å². The Balaban J connectivity index is 1.83. The van der Waals surface area contributed by atoms with Gasteiger partial charge in [0.1, 0.15) is 0 Å². The minimum Gasteiger partial charge on any atom is -0.454 e. The number of nitrogens with one attached hydrogen (secondary N) is 1. The van der Waals surface area contributed by atoms with Crippen molar-refractivity contribution in [3.8, 4) is 11.5 Å². The van der Waals surface area contributed by atoms with Gasteiger partial charge in [0.15, 0.2) is 11.5 Å². The number of rotatable bonds is 3. The van der Waals surface area contributed by atoms with Crippen LogP contribution in [0.15, 0.2) is 34.8 Å². The van der Waals surface area contributed by atoms with Crippen molar-refractivity contribution in [2.45, 2.75) is 19.9 Å². The van der Waals surface area contributed by atoms with E-state index in [1.54, 1.807) is 0 Å². The summed E-state index contributed by atoms with van der Waals surface area (Å²) in [4.78, 5) is 0. The van der Waals surface area contributed by atoms with Crippen LogP contribution in [-0.4, -0.2) is 6.79 Å². The first kappa shape index (κ1) is 14.5. The smallest absolute Gasteiger partial charge is 0.231 e. The molecule has 0 fully saturated rings. The number of anilines is 1. The molecule has 1 atom stereocenters. The Morgan fingerprint density at radius 3 is 2.76 bits per heavy atom. The summed E-state index contributed by atoms with van der Waals surface area (Å²) in [7, 11) is 0. The number of fused-ring (bicyclic) bond motifs is 1. The van der Waals surface area contributed by atoms with E-state index in [4.69, 9.17) is 21.1 Å². The van der Waals surface area contributed by atoms with Crippen molar-refractivity contribution in [1.82, 2.24) is 0 Å². The van der Waals surface area contributed by atoms with E-state index >= 15 is 0 Å². The number of hydrogen-bond acceptors (Lipinski definition) is 3. The summed E-state index contributed by atoms with van der Waals surface area (Å²) in [5, 5.41) is 4.21. The van der Waals surface area contributed by atoms with Gasteiger partial charge in [-0.15, -0.1) is 0 Å². The molecule has 3 nitrogen and oxygen atoms in total. The van der Waals surface area contributed by atoms with Crippen molar-refractivity contribution in [3.05, 3.63) is 51.0 Å². The third kappa shape index (κ3) is 2.97. The van der Waals surface area contributed by atoms with Crippen LogP contribution in [0.3, 0.4) is 0 Å². The Morgan fingerprint density at radius 2 is 1.95 bits per heavy atom. The van der Waals surface area contributed by atoms with Crippen LogP contribution in [-0.2, 0) is 0 Å². The minimum atomic E-state index is 0.120. The molecule has 2 aromatic rings. The van der Waals surface area contributed by atoms with Crippen molar-refractivity contribution in [2.75, 3.05) is 12.1 Å². The maximum atomic E-state index is 6.19. The van der Waals surface area contributed by atoms with Gasteiger partial charge in [-0.1, -0.05) is 17.7 Å². The molecule has 0 saturated heterocycles. The zero-order valence-electron chi connectivity index (χ0n) is 11.7. The summed E-state index contributed by atoms with van der Waals surface area (Å²) < 4.78 is 11.7. The fourth-order valence-electron chi connectivity index (χ4n) is 2.26. The first-order chi connectivity index (χ1) is 10.0. The molecule has 1 aliphatic rings. The van der Waals surface area contributed by atoms with Crippen molar-refractivity contribution < 1.29 is 9.47 Å². The van der Waals surface area contributed by atoms with Crippen molar-refractivity contribution in [3.63, 3.8) is 0 Å². The molecule has 1 N–H and O–H groups in total. The highest BCUT2D eigenvalue weighted by atomic mass is 79.9. The second-order valence-electron chi connectivity index (χ2n) is 5.06. The summed E-state index contributed by atoms with van der Waals surface area (Å²) >= 11 is 9.76. The third-order valence-electron chi connectivity index (χ3n) is 3.52. The van der Waals surface area contributed by atoms with Gasteiger partial charge in [0.05, 0.1) is 5.69 Å². The summed E-state index contributed by atoms with van der Waals surface area (Å²) in [6.07, 6.45) is 0. The minimum absolute atomic E-state index is 0.120. The van der Waals surface area contributed by atoms with Crippen molar-refractivity contribution in [1.29, 1.82) is 0 Å². The SMILES string of the molecule is Cc1cc(Br)c(NC(C)c2ccc3c(c2)OCO3)cc1Cl. The van der Waals surface area contributed by atoms with Gasteiger partial charge in [-0.2, -0.15) is 0 Å². The summed E-state index contributed by atoms with van der Waals surface area (Å²) in [6, 6.07) is 10.0. The molecule has 2 aromatic carbocycles. The highest BCUT2D eigenvalue weighted by Crippen LogP contribution is 2.36.